The third-order valence-electron chi connectivity index (χ3n) is 4.08. The molecule has 0 aliphatic heterocycles. The van der Waals surface area contributed by atoms with E-state index >= 15 is 0 Å². The second kappa shape index (κ2) is 7.61. The number of aromatic amines is 1. The van der Waals surface area contributed by atoms with Crippen molar-refractivity contribution in [2.24, 2.45) is 0 Å². The number of methoxy groups -OCH3 is 1. The summed E-state index contributed by atoms with van der Waals surface area (Å²) >= 11 is 0. The molecule has 0 radical (unpaired) electrons. The van der Waals surface area contributed by atoms with Gasteiger partial charge in [0.2, 0.25) is 0 Å². The molecule has 0 atom stereocenters. The third-order valence-corrected chi connectivity index (χ3v) is 4.08. The molecule has 0 aliphatic rings. The van der Waals surface area contributed by atoms with Crippen molar-refractivity contribution in [3.05, 3.63) is 66.2 Å². The third kappa shape index (κ3) is 3.85. The van der Waals surface area contributed by atoms with E-state index in [1.54, 1.807) is 30.6 Å². The lowest BCUT2D eigenvalue weighted by Crippen LogP contribution is -2.28. The van der Waals surface area contributed by atoms with Crippen molar-refractivity contribution < 1.29 is 9.53 Å². The Kier molecular flexibility index (Phi) is 5.09. The molecule has 0 aliphatic carbocycles. The number of aromatic nitrogens is 3. The number of H-pyrrole nitrogens is 1. The van der Waals surface area contributed by atoms with Crippen LogP contribution in [-0.4, -0.2) is 46.7 Å². The molecule has 3 rings (SSSR count). The number of hydrogen-bond acceptors (Lipinski definition) is 4. The first kappa shape index (κ1) is 16.7. The molecular weight excluding hydrogens is 316 g/mol. The van der Waals surface area contributed by atoms with E-state index in [0.717, 1.165) is 23.1 Å². The Labute approximate surface area is 146 Å². The molecule has 0 saturated heterocycles. The van der Waals surface area contributed by atoms with E-state index in [1.165, 1.54) is 0 Å². The fourth-order valence-electron chi connectivity index (χ4n) is 2.61. The van der Waals surface area contributed by atoms with Crippen molar-refractivity contribution in [2.45, 2.75) is 6.42 Å². The minimum absolute atomic E-state index is 0.00302. The highest BCUT2D eigenvalue weighted by Crippen LogP contribution is 2.28. The van der Waals surface area contributed by atoms with Crippen LogP contribution in [0.3, 0.4) is 0 Å². The van der Waals surface area contributed by atoms with Crippen molar-refractivity contribution in [2.75, 3.05) is 20.7 Å². The average Bonchev–Trinajstić information content (AvgIpc) is 3.19. The van der Waals surface area contributed by atoms with Gasteiger partial charge in [-0.1, -0.05) is 12.1 Å². The van der Waals surface area contributed by atoms with Crippen molar-refractivity contribution in [1.82, 2.24) is 20.1 Å². The van der Waals surface area contributed by atoms with E-state index in [4.69, 9.17) is 4.74 Å². The maximum atomic E-state index is 12.5. The Bertz CT molecular complexity index is 829. The van der Waals surface area contributed by atoms with E-state index in [0.29, 0.717) is 17.9 Å². The summed E-state index contributed by atoms with van der Waals surface area (Å²) < 4.78 is 5.34. The highest BCUT2D eigenvalue weighted by atomic mass is 16.5. The van der Waals surface area contributed by atoms with Crippen LogP contribution in [0.5, 0.6) is 5.75 Å². The molecule has 25 heavy (non-hydrogen) atoms. The number of likely N-dealkylation sites (N-methyl/N-ethyl adjacent to an activating group) is 1. The van der Waals surface area contributed by atoms with Crippen LogP contribution in [0.1, 0.15) is 15.9 Å². The molecule has 1 N–H and O–H groups in total. The molecule has 0 bridgehead atoms. The van der Waals surface area contributed by atoms with E-state index in [1.807, 2.05) is 43.6 Å². The number of benzene rings is 1. The number of hydrogen-bond donors (Lipinski definition) is 1. The van der Waals surface area contributed by atoms with E-state index < -0.39 is 0 Å². The van der Waals surface area contributed by atoms with Crippen LogP contribution in [0, 0.1) is 0 Å². The Hall–Kier alpha value is -3.15. The van der Waals surface area contributed by atoms with Gasteiger partial charge in [-0.05, 0) is 35.7 Å². The van der Waals surface area contributed by atoms with Gasteiger partial charge in [-0.15, -0.1) is 0 Å². The summed E-state index contributed by atoms with van der Waals surface area (Å²) in [7, 11) is 3.43. The molecule has 6 nitrogen and oxygen atoms in total. The van der Waals surface area contributed by atoms with E-state index in [-0.39, 0.29) is 5.91 Å². The van der Waals surface area contributed by atoms with Crippen LogP contribution in [0.25, 0.3) is 11.1 Å². The quantitative estimate of drug-likeness (QED) is 0.751. The molecule has 1 aromatic carbocycles. The molecule has 2 heterocycles. The number of carbonyl (C=O) groups is 1. The summed E-state index contributed by atoms with van der Waals surface area (Å²) in [4.78, 5) is 18.3. The van der Waals surface area contributed by atoms with Crippen molar-refractivity contribution >= 4 is 5.91 Å². The number of pyridine rings is 1. The number of nitrogens with one attached hydrogen (secondary N) is 1. The molecule has 0 fully saturated rings. The molecule has 128 valence electrons. The van der Waals surface area contributed by atoms with Gasteiger partial charge in [-0.25, -0.2) is 0 Å². The van der Waals surface area contributed by atoms with Gasteiger partial charge in [0, 0.05) is 37.1 Å². The van der Waals surface area contributed by atoms with Gasteiger partial charge in [-0.3, -0.25) is 14.9 Å². The molecule has 6 heteroatoms. The van der Waals surface area contributed by atoms with Crippen LogP contribution >= 0.6 is 0 Å². The highest BCUT2D eigenvalue weighted by molar-refractivity contribution is 5.94. The molecule has 0 unspecified atom stereocenters. The summed E-state index contributed by atoms with van der Waals surface area (Å²) in [6.07, 6.45) is 7.79. The minimum atomic E-state index is -0.00302. The standard InChI is InChI=1S/C19H20N4O2/c1-23(10-8-14-11-21-22-12-14)19(24)16-5-3-15(4-6-16)17-7-9-20-13-18(17)25-2/h3-7,9,11-13H,8,10H2,1-2H3,(H,21,22). The summed E-state index contributed by atoms with van der Waals surface area (Å²) in [6.45, 7) is 0.637. The van der Waals surface area contributed by atoms with Crippen LogP contribution in [0.2, 0.25) is 0 Å². The van der Waals surface area contributed by atoms with Gasteiger partial charge >= 0.3 is 0 Å². The second-order valence-corrected chi connectivity index (χ2v) is 5.74. The lowest BCUT2D eigenvalue weighted by atomic mass is 10.0. The normalized spacial score (nSPS) is 10.5. The van der Waals surface area contributed by atoms with Crippen molar-refractivity contribution in [3.8, 4) is 16.9 Å². The zero-order valence-electron chi connectivity index (χ0n) is 14.3. The zero-order chi connectivity index (χ0) is 17.6. The van der Waals surface area contributed by atoms with Crippen LogP contribution in [0.4, 0.5) is 0 Å². The van der Waals surface area contributed by atoms with Gasteiger partial charge < -0.3 is 9.64 Å². The number of rotatable bonds is 6. The Morgan fingerprint density at radius 1 is 1.20 bits per heavy atom. The lowest BCUT2D eigenvalue weighted by Gasteiger charge is -2.17. The Balaban J connectivity index is 1.70. The van der Waals surface area contributed by atoms with Crippen LogP contribution < -0.4 is 4.74 Å². The number of carbonyl (C=O) groups excluding carboxylic acids is 1. The minimum Gasteiger partial charge on any atom is -0.494 e. The average molecular weight is 336 g/mol. The summed E-state index contributed by atoms with van der Waals surface area (Å²) in [6, 6.07) is 9.43. The van der Waals surface area contributed by atoms with E-state index in [9.17, 15) is 4.79 Å². The molecule has 3 aromatic rings. The van der Waals surface area contributed by atoms with Gasteiger partial charge in [0.1, 0.15) is 5.75 Å². The SMILES string of the molecule is COc1cnccc1-c1ccc(C(=O)N(C)CCc2cn[nH]c2)cc1. The van der Waals surface area contributed by atoms with Crippen molar-refractivity contribution in [1.29, 1.82) is 0 Å². The maximum absolute atomic E-state index is 12.5. The zero-order valence-corrected chi connectivity index (χ0v) is 14.3. The van der Waals surface area contributed by atoms with Gasteiger partial charge in [-0.2, -0.15) is 5.10 Å². The second-order valence-electron chi connectivity index (χ2n) is 5.74. The number of ether oxygens (including phenoxy) is 1. The first-order valence-corrected chi connectivity index (χ1v) is 8.00. The molecule has 0 saturated carbocycles. The summed E-state index contributed by atoms with van der Waals surface area (Å²) in [5.41, 5.74) is 3.67. The fraction of sp³-hybridized carbons (Fsp3) is 0.211. The molecule has 1 amide bonds. The predicted octanol–water partition coefficient (Wildman–Crippen LogP) is 2.80. The Morgan fingerprint density at radius 2 is 2.00 bits per heavy atom. The molecular formula is C19H20N4O2. The van der Waals surface area contributed by atoms with Crippen molar-refractivity contribution in [3.63, 3.8) is 0 Å². The lowest BCUT2D eigenvalue weighted by molar-refractivity contribution is 0.0796. The topological polar surface area (TPSA) is 71.1 Å². The highest BCUT2D eigenvalue weighted by Gasteiger charge is 2.13. The Morgan fingerprint density at radius 3 is 2.68 bits per heavy atom. The first-order valence-electron chi connectivity index (χ1n) is 8.00. The van der Waals surface area contributed by atoms with Gasteiger partial charge in [0.25, 0.3) is 5.91 Å². The number of amides is 1. The first-order chi connectivity index (χ1) is 12.2. The van der Waals surface area contributed by atoms with E-state index in [2.05, 4.69) is 15.2 Å². The van der Waals surface area contributed by atoms with Crippen LogP contribution in [-0.2, 0) is 6.42 Å². The monoisotopic (exact) mass is 336 g/mol. The molecule has 0 spiro atoms. The fourth-order valence-corrected chi connectivity index (χ4v) is 2.61. The molecule has 2 aromatic heterocycles. The summed E-state index contributed by atoms with van der Waals surface area (Å²) in [5, 5.41) is 6.69. The van der Waals surface area contributed by atoms with Crippen LogP contribution in [0.15, 0.2) is 55.1 Å². The van der Waals surface area contributed by atoms with Gasteiger partial charge in [0.05, 0.1) is 19.5 Å². The van der Waals surface area contributed by atoms with Gasteiger partial charge in [0.15, 0.2) is 0 Å². The smallest absolute Gasteiger partial charge is 0.253 e. The maximum Gasteiger partial charge on any atom is 0.253 e. The predicted molar refractivity (Wildman–Crippen MR) is 95.5 cm³/mol. The number of nitrogens with zero attached hydrogens (tertiary/aromatic N) is 3. The summed E-state index contributed by atoms with van der Waals surface area (Å²) in [5.74, 6) is 0.704. The largest absolute Gasteiger partial charge is 0.494 e.